The Hall–Kier alpha value is -5.69. The van der Waals surface area contributed by atoms with Crippen molar-refractivity contribution in [3.8, 4) is 5.75 Å². The maximum Gasteiger partial charge on any atom is 0.347 e. The van der Waals surface area contributed by atoms with Crippen LogP contribution in [0.15, 0.2) is 88.6 Å². The van der Waals surface area contributed by atoms with Gasteiger partial charge in [-0.15, -0.1) is 0 Å². The number of carbonyl (C=O) groups is 3. The third kappa shape index (κ3) is 7.26. The summed E-state index contributed by atoms with van der Waals surface area (Å²) in [5.74, 6) is -1.51. The van der Waals surface area contributed by atoms with Crippen LogP contribution in [-0.2, 0) is 30.9 Å². The number of nitrogens with zero attached hydrogens (tertiary/aromatic N) is 4. The molecule has 0 aliphatic carbocycles. The average Bonchev–Trinajstić information content (AvgIpc) is 3.46. The molecule has 0 spiro atoms. The fourth-order valence-electron chi connectivity index (χ4n) is 5.79. The Morgan fingerprint density at radius 2 is 1.76 bits per heavy atom. The number of amides is 3. The van der Waals surface area contributed by atoms with Crippen LogP contribution in [0.3, 0.4) is 0 Å². The van der Waals surface area contributed by atoms with Crippen molar-refractivity contribution < 1.29 is 19.1 Å². The number of halogens is 1. The molecule has 0 saturated heterocycles. The van der Waals surface area contributed by atoms with Crippen LogP contribution in [-0.4, -0.2) is 60.4 Å². The number of hydrogen-bond acceptors (Lipinski definition) is 7. The normalized spacial score (nSPS) is 13.3. The lowest BCUT2D eigenvalue weighted by Gasteiger charge is -2.35. The molecule has 0 unspecified atom stereocenters. The molecule has 5 aromatic rings. The molecule has 14 heteroatoms. The molecule has 0 radical (unpaired) electrons. The number of ether oxygens (including phenoxy) is 1. The fraction of sp³-hybridized carbons (Fsp3) is 0.257. The molecule has 3 N–H and O–H groups in total. The van der Waals surface area contributed by atoms with Crippen LogP contribution in [0.4, 0.5) is 0 Å². The number of fused-ring (bicyclic) bond motifs is 2. The van der Waals surface area contributed by atoms with Gasteiger partial charge in [-0.1, -0.05) is 54.1 Å². The highest BCUT2D eigenvalue weighted by Gasteiger charge is 2.33. The SMILES string of the molecule is CC(C)N1CCn2c(CNC(=O)[C@@H](Cc3cccc(Cl)c3)NC(=O)c3ccc4n[nH]c(=O)n4c3)cc(=O)c(OCc3ccccc3)c2C1=O. The summed E-state index contributed by atoms with van der Waals surface area (Å²) >= 11 is 6.20. The number of pyridine rings is 2. The molecule has 13 nitrogen and oxygen atoms in total. The van der Waals surface area contributed by atoms with Crippen LogP contribution in [0.5, 0.6) is 5.75 Å². The van der Waals surface area contributed by atoms with Gasteiger partial charge in [0, 0.05) is 48.5 Å². The van der Waals surface area contributed by atoms with E-state index in [2.05, 4.69) is 20.8 Å². The van der Waals surface area contributed by atoms with Gasteiger partial charge < -0.3 is 24.8 Å². The number of benzene rings is 2. The molecular formula is C35H34ClN7O6. The lowest BCUT2D eigenvalue weighted by Crippen LogP contribution is -2.49. The molecule has 1 atom stereocenters. The summed E-state index contributed by atoms with van der Waals surface area (Å²) in [6.07, 6.45) is 1.43. The van der Waals surface area contributed by atoms with Crippen molar-refractivity contribution in [2.24, 2.45) is 0 Å². The zero-order chi connectivity index (χ0) is 34.7. The largest absolute Gasteiger partial charge is 0.483 e. The molecular weight excluding hydrogens is 650 g/mol. The second-order valence-electron chi connectivity index (χ2n) is 11.9. The minimum atomic E-state index is -1.07. The van der Waals surface area contributed by atoms with E-state index in [9.17, 15) is 24.0 Å². The van der Waals surface area contributed by atoms with Crippen molar-refractivity contribution in [2.45, 2.75) is 52.0 Å². The van der Waals surface area contributed by atoms with Gasteiger partial charge in [0.05, 0.1) is 12.1 Å². The molecule has 2 aromatic carbocycles. The fourth-order valence-corrected chi connectivity index (χ4v) is 6.00. The monoisotopic (exact) mass is 683 g/mol. The molecule has 6 rings (SSSR count). The van der Waals surface area contributed by atoms with E-state index in [1.807, 2.05) is 44.2 Å². The molecule has 3 aromatic heterocycles. The van der Waals surface area contributed by atoms with Crippen LogP contribution in [0, 0.1) is 0 Å². The number of carbonyl (C=O) groups excluding carboxylic acids is 3. The Morgan fingerprint density at radius 1 is 0.980 bits per heavy atom. The van der Waals surface area contributed by atoms with Gasteiger partial charge in [0.1, 0.15) is 12.6 Å². The molecule has 49 heavy (non-hydrogen) atoms. The van der Waals surface area contributed by atoms with E-state index in [-0.39, 0.29) is 48.5 Å². The van der Waals surface area contributed by atoms with Crippen molar-refractivity contribution in [1.82, 2.24) is 34.7 Å². The van der Waals surface area contributed by atoms with Gasteiger partial charge >= 0.3 is 5.69 Å². The van der Waals surface area contributed by atoms with Gasteiger partial charge in [-0.25, -0.2) is 14.3 Å². The third-order valence-electron chi connectivity index (χ3n) is 8.30. The first-order valence-corrected chi connectivity index (χ1v) is 16.1. The van der Waals surface area contributed by atoms with E-state index in [0.717, 1.165) is 5.56 Å². The minimum absolute atomic E-state index is 0.0472. The van der Waals surface area contributed by atoms with Gasteiger partial charge in [0.15, 0.2) is 17.1 Å². The topological polar surface area (TPSA) is 160 Å². The standard InChI is InChI=1S/C35H34ClN7O6/c1-21(2)41-13-14-42-26(17-28(44)31(30(42)34(41)47)49-20-22-7-4-3-5-8-22)18-37-33(46)27(16-23-9-6-10-25(36)15-23)38-32(45)24-11-12-29-39-40-35(48)43(29)19-24/h3-12,15,17,19,21,27H,13-14,16,18,20H2,1-2H3,(H,37,46)(H,38,45)(H,40,48)/t27-/m1/s1. The Labute approximate surface area is 285 Å². The second-order valence-corrected chi connectivity index (χ2v) is 12.4. The van der Waals surface area contributed by atoms with Crippen molar-refractivity contribution in [3.05, 3.63) is 133 Å². The van der Waals surface area contributed by atoms with E-state index in [1.165, 1.54) is 28.8 Å². The van der Waals surface area contributed by atoms with Crippen LogP contribution < -0.4 is 26.5 Å². The lowest BCUT2D eigenvalue weighted by molar-refractivity contribution is -0.123. The van der Waals surface area contributed by atoms with Gasteiger partial charge in [-0.2, -0.15) is 5.10 Å². The highest BCUT2D eigenvalue weighted by Crippen LogP contribution is 2.25. The Morgan fingerprint density at radius 3 is 2.51 bits per heavy atom. The molecule has 0 saturated carbocycles. The van der Waals surface area contributed by atoms with Crippen molar-refractivity contribution in [3.63, 3.8) is 0 Å². The zero-order valence-corrected chi connectivity index (χ0v) is 27.6. The molecule has 1 aliphatic heterocycles. The number of aromatic amines is 1. The minimum Gasteiger partial charge on any atom is -0.483 e. The van der Waals surface area contributed by atoms with Crippen LogP contribution in [0.2, 0.25) is 5.02 Å². The maximum absolute atomic E-state index is 13.8. The molecule has 0 bridgehead atoms. The first-order valence-electron chi connectivity index (χ1n) is 15.7. The van der Waals surface area contributed by atoms with E-state index in [1.54, 1.807) is 33.7 Å². The maximum atomic E-state index is 13.8. The summed E-state index contributed by atoms with van der Waals surface area (Å²) in [4.78, 5) is 68.1. The number of H-pyrrole nitrogens is 1. The Bertz CT molecular complexity index is 2160. The Balaban J connectivity index is 1.27. The van der Waals surface area contributed by atoms with Crippen LogP contribution >= 0.6 is 11.6 Å². The van der Waals surface area contributed by atoms with E-state index in [4.69, 9.17) is 16.3 Å². The smallest absolute Gasteiger partial charge is 0.347 e. The predicted octanol–water partition coefficient (Wildman–Crippen LogP) is 2.94. The van der Waals surface area contributed by atoms with Gasteiger partial charge in [-0.3, -0.25) is 19.2 Å². The molecule has 3 amide bonds. The number of rotatable bonds is 11. The van der Waals surface area contributed by atoms with Crippen molar-refractivity contribution in [2.75, 3.05) is 6.54 Å². The summed E-state index contributed by atoms with van der Waals surface area (Å²) in [6.45, 7) is 4.59. The molecule has 0 fully saturated rings. The highest BCUT2D eigenvalue weighted by atomic mass is 35.5. The summed E-state index contributed by atoms with van der Waals surface area (Å²) < 4.78 is 8.88. The molecule has 252 valence electrons. The number of aromatic nitrogens is 4. The molecule has 4 heterocycles. The highest BCUT2D eigenvalue weighted by molar-refractivity contribution is 6.30. The second kappa shape index (κ2) is 14.2. The average molecular weight is 684 g/mol. The van der Waals surface area contributed by atoms with Crippen molar-refractivity contribution >= 4 is 35.0 Å². The summed E-state index contributed by atoms with van der Waals surface area (Å²) in [6, 6.07) is 19.4. The number of nitrogens with one attached hydrogen (secondary N) is 3. The first kappa shape index (κ1) is 33.2. The first-order chi connectivity index (χ1) is 23.6. The number of hydrogen-bond donors (Lipinski definition) is 3. The van der Waals surface area contributed by atoms with E-state index in [0.29, 0.717) is 35.0 Å². The van der Waals surface area contributed by atoms with Crippen LogP contribution in [0.25, 0.3) is 5.65 Å². The lowest BCUT2D eigenvalue weighted by atomic mass is 10.0. The third-order valence-corrected chi connectivity index (χ3v) is 8.53. The molecule has 1 aliphatic rings. The quantitative estimate of drug-likeness (QED) is 0.193. The van der Waals surface area contributed by atoms with E-state index >= 15 is 0 Å². The van der Waals surface area contributed by atoms with Gasteiger partial charge in [0.25, 0.3) is 11.8 Å². The zero-order valence-electron chi connectivity index (χ0n) is 26.8. The predicted molar refractivity (Wildman–Crippen MR) is 182 cm³/mol. The van der Waals surface area contributed by atoms with E-state index < -0.39 is 29.0 Å². The summed E-state index contributed by atoms with van der Waals surface area (Å²) in [5.41, 5.74) is 1.55. The summed E-state index contributed by atoms with van der Waals surface area (Å²) in [5, 5.41) is 12.3. The van der Waals surface area contributed by atoms with Gasteiger partial charge in [0.2, 0.25) is 11.3 Å². The van der Waals surface area contributed by atoms with Crippen molar-refractivity contribution in [1.29, 1.82) is 0 Å². The van der Waals surface area contributed by atoms with Crippen LogP contribution in [0.1, 0.15) is 51.5 Å². The van der Waals surface area contributed by atoms with Gasteiger partial charge in [-0.05, 0) is 49.2 Å². The summed E-state index contributed by atoms with van der Waals surface area (Å²) in [7, 11) is 0. The Kier molecular flexibility index (Phi) is 9.63.